The van der Waals surface area contributed by atoms with Gasteiger partial charge in [0.15, 0.2) is 0 Å². The van der Waals surface area contributed by atoms with Crippen molar-refractivity contribution in [2.45, 2.75) is 31.9 Å². The second-order valence-corrected chi connectivity index (χ2v) is 3.90. The summed E-state index contributed by atoms with van der Waals surface area (Å²) in [5.74, 6) is -2.28. The van der Waals surface area contributed by atoms with E-state index >= 15 is 0 Å². The predicted molar refractivity (Wildman–Crippen MR) is 55.8 cm³/mol. The second kappa shape index (κ2) is 5.18. The summed E-state index contributed by atoms with van der Waals surface area (Å²) in [5, 5.41) is 6.47. The van der Waals surface area contributed by atoms with Crippen molar-refractivity contribution < 1.29 is 13.2 Å². The maximum atomic E-state index is 12.7. The van der Waals surface area contributed by atoms with Gasteiger partial charge in [-0.1, -0.05) is 12.8 Å². The lowest BCUT2D eigenvalue weighted by Gasteiger charge is -2.21. The molecular formula is C9H15F3N4. The molecule has 1 fully saturated rings. The minimum absolute atomic E-state index is 0.344. The third-order valence-corrected chi connectivity index (χ3v) is 2.69. The Bertz CT molecular complexity index is 275. The van der Waals surface area contributed by atoms with E-state index in [0.717, 1.165) is 19.1 Å². The zero-order chi connectivity index (χ0) is 12.2. The summed E-state index contributed by atoms with van der Waals surface area (Å²) < 4.78 is 38.1. The Kier molecular flexibility index (Phi) is 4.14. The normalized spacial score (nSPS) is 20.2. The SMILES string of the molecule is NC(N)=NN=CC(C1CCCC1)C(F)(F)F. The van der Waals surface area contributed by atoms with Crippen molar-refractivity contribution in [2.75, 3.05) is 0 Å². The molecule has 0 bridgehead atoms. The average molecular weight is 236 g/mol. The van der Waals surface area contributed by atoms with Crippen LogP contribution in [-0.4, -0.2) is 18.4 Å². The van der Waals surface area contributed by atoms with Crippen molar-refractivity contribution in [1.82, 2.24) is 0 Å². The fourth-order valence-electron chi connectivity index (χ4n) is 1.96. The number of halogens is 3. The molecular weight excluding hydrogens is 221 g/mol. The highest BCUT2D eigenvalue weighted by Crippen LogP contribution is 2.39. The Morgan fingerprint density at radius 2 is 1.81 bits per heavy atom. The molecule has 4 N–H and O–H groups in total. The predicted octanol–water partition coefficient (Wildman–Crippen LogP) is 1.61. The molecule has 1 aliphatic rings. The van der Waals surface area contributed by atoms with E-state index in [1.807, 2.05) is 0 Å². The van der Waals surface area contributed by atoms with Gasteiger partial charge >= 0.3 is 6.18 Å². The maximum Gasteiger partial charge on any atom is 0.396 e. The van der Waals surface area contributed by atoms with Crippen LogP contribution in [-0.2, 0) is 0 Å². The Hall–Kier alpha value is -1.27. The van der Waals surface area contributed by atoms with Crippen LogP contribution in [0.2, 0.25) is 0 Å². The number of nitrogens with zero attached hydrogens (tertiary/aromatic N) is 2. The van der Waals surface area contributed by atoms with Crippen molar-refractivity contribution in [3.63, 3.8) is 0 Å². The van der Waals surface area contributed by atoms with Gasteiger partial charge in [0.25, 0.3) is 0 Å². The number of rotatable bonds is 3. The molecule has 0 amide bonds. The monoisotopic (exact) mass is 236 g/mol. The van der Waals surface area contributed by atoms with Crippen LogP contribution < -0.4 is 11.5 Å². The van der Waals surface area contributed by atoms with E-state index in [9.17, 15) is 13.2 Å². The van der Waals surface area contributed by atoms with E-state index < -0.39 is 18.0 Å². The second-order valence-electron chi connectivity index (χ2n) is 3.90. The summed E-state index contributed by atoms with van der Waals surface area (Å²) in [6, 6.07) is 0. The summed E-state index contributed by atoms with van der Waals surface area (Å²) in [6.07, 6.45) is -0.635. The first-order valence-electron chi connectivity index (χ1n) is 5.10. The van der Waals surface area contributed by atoms with Crippen LogP contribution in [0, 0.1) is 11.8 Å². The smallest absolute Gasteiger partial charge is 0.369 e. The number of hydrogen-bond acceptors (Lipinski definition) is 2. The highest BCUT2D eigenvalue weighted by atomic mass is 19.4. The molecule has 0 aromatic carbocycles. The lowest BCUT2D eigenvalue weighted by atomic mass is 9.91. The molecule has 1 aliphatic carbocycles. The van der Waals surface area contributed by atoms with Crippen molar-refractivity contribution >= 4 is 12.2 Å². The molecule has 0 aliphatic heterocycles. The van der Waals surface area contributed by atoms with Gasteiger partial charge in [-0.3, -0.25) is 0 Å². The minimum atomic E-state index is -4.28. The van der Waals surface area contributed by atoms with Gasteiger partial charge in [-0.15, -0.1) is 5.10 Å². The summed E-state index contributed by atoms with van der Waals surface area (Å²) in [5.41, 5.74) is 9.95. The molecule has 4 nitrogen and oxygen atoms in total. The Balaban J connectivity index is 2.71. The molecule has 0 aromatic rings. The average Bonchev–Trinajstić information content (AvgIpc) is 2.62. The summed E-state index contributed by atoms with van der Waals surface area (Å²) in [4.78, 5) is 0. The van der Waals surface area contributed by atoms with E-state index in [0.29, 0.717) is 12.8 Å². The third-order valence-electron chi connectivity index (χ3n) is 2.69. The first-order chi connectivity index (χ1) is 7.41. The van der Waals surface area contributed by atoms with Crippen LogP contribution in [0.3, 0.4) is 0 Å². The number of alkyl halides is 3. The Labute approximate surface area is 91.6 Å². The molecule has 1 rings (SSSR count). The van der Waals surface area contributed by atoms with Crippen molar-refractivity contribution in [1.29, 1.82) is 0 Å². The summed E-state index contributed by atoms with van der Waals surface area (Å²) >= 11 is 0. The van der Waals surface area contributed by atoms with Crippen molar-refractivity contribution in [3.8, 4) is 0 Å². The molecule has 0 saturated heterocycles. The number of guanidine groups is 1. The zero-order valence-corrected chi connectivity index (χ0v) is 8.74. The van der Waals surface area contributed by atoms with E-state index in [2.05, 4.69) is 10.2 Å². The van der Waals surface area contributed by atoms with Crippen molar-refractivity contribution in [3.05, 3.63) is 0 Å². The van der Waals surface area contributed by atoms with Crippen molar-refractivity contribution in [2.24, 2.45) is 33.5 Å². The fraction of sp³-hybridized carbons (Fsp3) is 0.778. The minimum Gasteiger partial charge on any atom is -0.369 e. The first-order valence-corrected chi connectivity index (χ1v) is 5.10. The van der Waals surface area contributed by atoms with Gasteiger partial charge in [-0.05, 0) is 18.8 Å². The molecule has 0 spiro atoms. The molecule has 0 aromatic heterocycles. The van der Waals surface area contributed by atoms with Gasteiger partial charge in [-0.25, -0.2) is 0 Å². The van der Waals surface area contributed by atoms with Gasteiger partial charge in [0.05, 0.1) is 5.92 Å². The zero-order valence-electron chi connectivity index (χ0n) is 8.74. The van der Waals surface area contributed by atoms with Gasteiger partial charge < -0.3 is 11.5 Å². The lowest BCUT2D eigenvalue weighted by molar-refractivity contribution is -0.165. The Morgan fingerprint density at radius 1 is 1.25 bits per heavy atom. The summed E-state index contributed by atoms with van der Waals surface area (Å²) in [6.45, 7) is 0. The van der Waals surface area contributed by atoms with Crippen LogP contribution in [0.1, 0.15) is 25.7 Å². The first kappa shape index (κ1) is 12.8. The lowest BCUT2D eigenvalue weighted by Crippen LogP contribution is -2.30. The molecule has 16 heavy (non-hydrogen) atoms. The van der Waals surface area contributed by atoms with E-state index in [1.54, 1.807) is 0 Å². The molecule has 1 unspecified atom stereocenters. The molecule has 0 radical (unpaired) electrons. The van der Waals surface area contributed by atoms with Crippen LogP contribution in [0.4, 0.5) is 13.2 Å². The topological polar surface area (TPSA) is 76.8 Å². The molecule has 1 atom stereocenters. The quantitative estimate of drug-likeness (QED) is 0.443. The van der Waals surface area contributed by atoms with Crippen LogP contribution in [0.25, 0.3) is 0 Å². The Morgan fingerprint density at radius 3 is 2.25 bits per heavy atom. The number of nitrogens with two attached hydrogens (primary N) is 2. The number of hydrogen-bond donors (Lipinski definition) is 2. The fourth-order valence-corrected chi connectivity index (χ4v) is 1.96. The highest BCUT2D eigenvalue weighted by molar-refractivity contribution is 5.76. The van der Waals surface area contributed by atoms with Crippen LogP contribution in [0.5, 0.6) is 0 Å². The van der Waals surface area contributed by atoms with Gasteiger partial charge in [-0.2, -0.15) is 18.3 Å². The van der Waals surface area contributed by atoms with Gasteiger partial charge in [0.1, 0.15) is 0 Å². The molecule has 92 valence electrons. The van der Waals surface area contributed by atoms with Gasteiger partial charge in [0, 0.05) is 6.21 Å². The largest absolute Gasteiger partial charge is 0.396 e. The molecule has 0 heterocycles. The molecule has 1 saturated carbocycles. The maximum absolute atomic E-state index is 12.7. The third kappa shape index (κ3) is 3.71. The van der Waals surface area contributed by atoms with E-state index in [-0.39, 0.29) is 5.96 Å². The van der Waals surface area contributed by atoms with Crippen LogP contribution >= 0.6 is 0 Å². The van der Waals surface area contributed by atoms with Crippen LogP contribution in [0.15, 0.2) is 10.2 Å². The highest BCUT2D eigenvalue weighted by Gasteiger charge is 2.44. The van der Waals surface area contributed by atoms with E-state index in [4.69, 9.17) is 11.5 Å². The summed E-state index contributed by atoms with van der Waals surface area (Å²) in [7, 11) is 0. The van der Waals surface area contributed by atoms with E-state index in [1.165, 1.54) is 0 Å². The van der Waals surface area contributed by atoms with Gasteiger partial charge in [0.2, 0.25) is 5.96 Å². The molecule has 7 heteroatoms. The standard InChI is InChI=1S/C9H15F3N4/c10-9(11,12)7(5-15-16-8(13)14)6-3-1-2-4-6/h5-7H,1-4H2,(H4,13,14,16).